The quantitative estimate of drug-likeness (QED) is 0.622. The van der Waals surface area contributed by atoms with Crippen molar-refractivity contribution < 1.29 is 5.11 Å². The largest absolute Gasteiger partial charge is 0.395 e. The molecule has 0 aromatic carbocycles. The molecule has 0 aromatic heterocycles. The highest BCUT2D eigenvalue weighted by molar-refractivity contribution is 4.98. The van der Waals surface area contributed by atoms with E-state index in [-0.39, 0.29) is 0 Å². The molecule has 2 N–H and O–H groups in total. The van der Waals surface area contributed by atoms with Gasteiger partial charge in [0.15, 0.2) is 0 Å². The molecule has 2 aliphatic rings. The summed E-state index contributed by atoms with van der Waals surface area (Å²) in [7, 11) is 0. The molecule has 1 atom stereocenters. The molecule has 1 aliphatic heterocycles. The number of rotatable bonds is 1. The molecule has 70 valence electrons. The molecule has 1 aliphatic carbocycles. The lowest BCUT2D eigenvalue weighted by atomic mass is 9.81. The van der Waals surface area contributed by atoms with E-state index < -0.39 is 0 Å². The summed E-state index contributed by atoms with van der Waals surface area (Å²) in [5.41, 5.74) is 0.436. The molecule has 1 spiro atoms. The lowest BCUT2D eigenvalue weighted by Crippen LogP contribution is -2.45. The van der Waals surface area contributed by atoms with E-state index in [2.05, 4.69) is 5.32 Å². The summed E-state index contributed by atoms with van der Waals surface area (Å²) in [6.07, 6.45) is 9.31. The van der Waals surface area contributed by atoms with Crippen molar-refractivity contribution in [3.05, 3.63) is 0 Å². The van der Waals surface area contributed by atoms with E-state index in [1.165, 1.54) is 44.9 Å². The third-order valence-electron chi connectivity index (χ3n) is 3.51. The van der Waals surface area contributed by atoms with Crippen LogP contribution in [0.5, 0.6) is 0 Å². The Bertz CT molecular complexity index is 152. The van der Waals surface area contributed by atoms with Crippen LogP contribution >= 0.6 is 0 Å². The Morgan fingerprint density at radius 2 is 1.92 bits per heavy atom. The Labute approximate surface area is 74.4 Å². The molecule has 2 rings (SSSR count). The first-order chi connectivity index (χ1) is 5.85. The van der Waals surface area contributed by atoms with Crippen LogP contribution in [0.4, 0.5) is 0 Å². The maximum atomic E-state index is 9.02. The molecule has 2 nitrogen and oxygen atoms in total. The minimum Gasteiger partial charge on any atom is -0.395 e. The fraction of sp³-hybridized carbons (Fsp3) is 1.00. The van der Waals surface area contributed by atoms with Crippen LogP contribution in [-0.2, 0) is 0 Å². The SMILES string of the molecule is OCC1CCC2(CCCCC2)N1. The van der Waals surface area contributed by atoms with Crippen molar-refractivity contribution >= 4 is 0 Å². The molecule has 12 heavy (non-hydrogen) atoms. The summed E-state index contributed by atoms with van der Waals surface area (Å²) >= 11 is 0. The Morgan fingerprint density at radius 3 is 2.50 bits per heavy atom. The molecule has 1 saturated carbocycles. The Morgan fingerprint density at radius 1 is 1.17 bits per heavy atom. The highest BCUT2D eigenvalue weighted by atomic mass is 16.3. The van der Waals surface area contributed by atoms with Gasteiger partial charge in [-0.2, -0.15) is 0 Å². The van der Waals surface area contributed by atoms with Gasteiger partial charge in [-0.15, -0.1) is 0 Å². The van der Waals surface area contributed by atoms with E-state index in [0.717, 1.165) is 0 Å². The second-order valence-electron chi connectivity index (χ2n) is 4.40. The van der Waals surface area contributed by atoms with Crippen LogP contribution < -0.4 is 5.32 Å². The van der Waals surface area contributed by atoms with Gasteiger partial charge in [0.1, 0.15) is 0 Å². The van der Waals surface area contributed by atoms with Crippen molar-refractivity contribution in [3.63, 3.8) is 0 Å². The van der Waals surface area contributed by atoms with Crippen molar-refractivity contribution in [2.75, 3.05) is 6.61 Å². The van der Waals surface area contributed by atoms with Gasteiger partial charge >= 0.3 is 0 Å². The first-order valence-electron chi connectivity index (χ1n) is 5.23. The molecule has 1 saturated heterocycles. The van der Waals surface area contributed by atoms with Gasteiger partial charge < -0.3 is 10.4 Å². The summed E-state index contributed by atoms with van der Waals surface area (Å²) in [5, 5.41) is 12.6. The molecule has 0 radical (unpaired) electrons. The van der Waals surface area contributed by atoms with Crippen LogP contribution in [0.3, 0.4) is 0 Å². The number of hydrogen-bond acceptors (Lipinski definition) is 2. The van der Waals surface area contributed by atoms with E-state index >= 15 is 0 Å². The summed E-state index contributed by atoms with van der Waals surface area (Å²) < 4.78 is 0. The lowest BCUT2D eigenvalue weighted by Gasteiger charge is -2.34. The van der Waals surface area contributed by atoms with Gasteiger partial charge in [-0.1, -0.05) is 19.3 Å². The molecule has 2 fully saturated rings. The van der Waals surface area contributed by atoms with Crippen molar-refractivity contribution in [2.45, 2.75) is 56.5 Å². The van der Waals surface area contributed by atoms with Crippen LogP contribution in [-0.4, -0.2) is 23.3 Å². The van der Waals surface area contributed by atoms with E-state index in [1.807, 2.05) is 0 Å². The highest BCUT2D eigenvalue weighted by Gasteiger charge is 2.38. The number of aliphatic hydroxyl groups excluding tert-OH is 1. The minimum atomic E-state index is 0.321. The smallest absolute Gasteiger partial charge is 0.0584 e. The maximum absolute atomic E-state index is 9.02. The Balaban J connectivity index is 1.94. The van der Waals surface area contributed by atoms with Crippen LogP contribution in [0.25, 0.3) is 0 Å². The first-order valence-corrected chi connectivity index (χ1v) is 5.23. The zero-order valence-electron chi connectivity index (χ0n) is 7.68. The summed E-state index contributed by atoms with van der Waals surface area (Å²) in [5.74, 6) is 0. The Hall–Kier alpha value is -0.0800. The third kappa shape index (κ3) is 1.50. The summed E-state index contributed by atoms with van der Waals surface area (Å²) in [6.45, 7) is 0.321. The molecule has 1 unspecified atom stereocenters. The van der Waals surface area contributed by atoms with E-state index in [1.54, 1.807) is 0 Å². The standard InChI is InChI=1S/C10H19NO/c12-8-9-4-7-10(11-9)5-2-1-3-6-10/h9,11-12H,1-8H2. The molecular formula is C10H19NO. The molecule has 2 heteroatoms. The average Bonchev–Trinajstić information content (AvgIpc) is 2.50. The molecule has 0 bridgehead atoms. The molecular weight excluding hydrogens is 150 g/mol. The van der Waals surface area contributed by atoms with Gasteiger partial charge in [0, 0.05) is 11.6 Å². The normalized spacial score (nSPS) is 34.2. The topological polar surface area (TPSA) is 32.3 Å². The van der Waals surface area contributed by atoms with Gasteiger partial charge in [0.05, 0.1) is 6.61 Å². The molecule has 0 aromatic rings. The van der Waals surface area contributed by atoms with E-state index in [0.29, 0.717) is 18.2 Å². The fourth-order valence-corrected chi connectivity index (χ4v) is 2.79. The van der Waals surface area contributed by atoms with E-state index in [9.17, 15) is 0 Å². The summed E-state index contributed by atoms with van der Waals surface area (Å²) in [4.78, 5) is 0. The first kappa shape index (κ1) is 8.52. The van der Waals surface area contributed by atoms with Gasteiger partial charge in [-0.05, 0) is 25.7 Å². The van der Waals surface area contributed by atoms with Gasteiger partial charge in [-0.3, -0.25) is 0 Å². The van der Waals surface area contributed by atoms with Crippen LogP contribution in [0.2, 0.25) is 0 Å². The predicted octanol–water partition coefficient (Wildman–Crippen LogP) is 1.43. The van der Waals surface area contributed by atoms with Gasteiger partial charge in [0.2, 0.25) is 0 Å². The zero-order valence-corrected chi connectivity index (χ0v) is 7.68. The van der Waals surface area contributed by atoms with E-state index in [4.69, 9.17) is 5.11 Å². The van der Waals surface area contributed by atoms with Gasteiger partial charge in [-0.25, -0.2) is 0 Å². The van der Waals surface area contributed by atoms with Crippen LogP contribution in [0.1, 0.15) is 44.9 Å². The van der Waals surface area contributed by atoms with Crippen LogP contribution in [0, 0.1) is 0 Å². The van der Waals surface area contributed by atoms with Crippen molar-refractivity contribution in [1.29, 1.82) is 0 Å². The second kappa shape index (κ2) is 3.35. The predicted molar refractivity (Wildman–Crippen MR) is 49.1 cm³/mol. The second-order valence-corrected chi connectivity index (χ2v) is 4.40. The highest BCUT2D eigenvalue weighted by Crippen LogP contribution is 2.36. The van der Waals surface area contributed by atoms with Crippen molar-refractivity contribution in [3.8, 4) is 0 Å². The van der Waals surface area contributed by atoms with Crippen molar-refractivity contribution in [2.24, 2.45) is 0 Å². The average molecular weight is 169 g/mol. The van der Waals surface area contributed by atoms with Gasteiger partial charge in [0.25, 0.3) is 0 Å². The fourth-order valence-electron chi connectivity index (χ4n) is 2.79. The third-order valence-corrected chi connectivity index (χ3v) is 3.51. The molecule has 0 amide bonds. The monoisotopic (exact) mass is 169 g/mol. The maximum Gasteiger partial charge on any atom is 0.0584 e. The molecule has 1 heterocycles. The number of aliphatic hydroxyl groups is 1. The minimum absolute atomic E-state index is 0.321. The Kier molecular flexibility index (Phi) is 2.37. The van der Waals surface area contributed by atoms with Crippen molar-refractivity contribution in [1.82, 2.24) is 5.32 Å². The summed E-state index contributed by atoms with van der Waals surface area (Å²) in [6, 6.07) is 0.392. The number of nitrogens with one attached hydrogen (secondary N) is 1. The number of hydrogen-bond donors (Lipinski definition) is 2. The zero-order chi connectivity index (χ0) is 8.44. The lowest BCUT2D eigenvalue weighted by molar-refractivity contribution is 0.213. The van der Waals surface area contributed by atoms with Crippen LogP contribution in [0.15, 0.2) is 0 Å².